The van der Waals surface area contributed by atoms with Crippen LogP contribution in [0.2, 0.25) is 0 Å². The first-order valence-corrected chi connectivity index (χ1v) is 7.75. The van der Waals surface area contributed by atoms with Gasteiger partial charge in [-0.25, -0.2) is 0 Å². The summed E-state index contributed by atoms with van der Waals surface area (Å²) in [6, 6.07) is 7.72. The molecule has 0 spiro atoms. The van der Waals surface area contributed by atoms with Crippen molar-refractivity contribution in [3.8, 4) is 5.75 Å². The van der Waals surface area contributed by atoms with Crippen LogP contribution in [0.3, 0.4) is 0 Å². The second-order valence-electron chi connectivity index (χ2n) is 5.79. The summed E-state index contributed by atoms with van der Waals surface area (Å²) >= 11 is 0. The quantitative estimate of drug-likeness (QED) is 0.906. The summed E-state index contributed by atoms with van der Waals surface area (Å²) < 4.78 is 5.53. The molecule has 1 saturated heterocycles. The number of likely N-dealkylation sites (tertiary alicyclic amines) is 1. The van der Waals surface area contributed by atoms with E-state index in [-0.39, 0.29) is 25.1 Å². The number of nitrogens with zero attached hydrogens (tertiary/aromatic N) is 1. The van der Waals surface area contributed by atoms with E-state index < -0.39 is 11.9 Å². The monoisotopic (exact) mass is 305 g/mol. The SMILES string of the molecule is CCc1ccc(OCC(=O)N2CC(C(=O)O)CCC2C)cc1. The Bertz CT molecular complexity index is 526. The molecular weight excluding hydrogens is 282 g/mol. The van der Waals surface area contributed by atoms with Crippen LogP contribution >= 0.6 is 0 Å². The second-order valence-corrected chi connectivity index (χ2v) is 5.79. The van der Waals surface area contributed by atoms with Crippen LogP contribution in [-0.4, -0.2) is 41.1 Å². The van der Waals surface area contributed by atoms with Gasteiger partial charge in [0.1, 0.15) is 5.75 Å². The molecule has 0 radical (unpaired) electrons. The number of carboxylic acid groups (broad SMARTS) is 1. The lowest BCUT2D eigenvalue weighted by atomic mass is 9.93. The molecule has 1 fully saturated rings. The van der Waals surface area contributed by atoms with Gasteiger partial charge in [-0.1, -0.05) is 19.1 Å². The first-order valence-electron chi connectivity index (χ1n) is 7.75. The van der Waals surface area contributed by atoms with Gasteiger partial charge in [0, 0.05) is 12.6 Å². The zero-order valence-electron chi connectivity index (χ0n) is 13.1. The number of benzene rings is 1. The molecule has 2 atom stereocenters. The van der Waals surface area contributed by atoms with Crippen LogP contribution in [0.25, 0.3) is 0 Å². The number of carbonyl (C=O) groups is 2. The number of ether oxygens (including phenoxy) is 1. The lowest BCUT2D eigenvalue weighted by Gasteiger charge is -2.36. The first-order chi connectivity index (χ1) is 10.5. The van der Waals surface area contributed by atoms with Gasteiger partial charge >= 0.3 is 5.97 Å². The van der Waals surface area contributed by atoms with E-state index in [0.717, 1.165) is 6.42 Å². The largest absolute Gasteiger partial charge is 0.484 e. The zero-order chi connectivity index (χ0) is 16.1. The Morgan fingerprint density at radius 1 is 1.27 bits per heavy atom. The van der Waals surface area contributed by atoms with Gasteiger partial charge in [-0.3, -0.25) is 9.59 Å². The molecule has 1 aliphatic rings. The predicted octanol–water partition coefficient (Wildman–Crippen LogP) is 2.34. The Morgan fingerprint density at radius 2 is 1.95 bits per heavy atom. The lowest BCUT2D eigenvalue weighted by molar-refractivity contribution is -0.147. The molecule has 2 unspecified atom stereocenters. The fraction of sp³-hybridized carbons (Fsp3) is 0.529. The smallest absolute Gasteiger partial charge is 0.308 e. The minimum atomic E-state index is -0.833. The van der Waals surface area contributed by atoms with Crippen LogP contribution in [0.4, 0.5) is 0 Å². The topological polar surface area (TPSA) is 66.8 Å². The highest BCUT2D eigenvalue weighted by Gasteiger charge is 2.32. The van der Waals surface area contributed by atoms with Crippen LogP contribution in [0.1, 0.15) is 32.3 Å². The molecule has 0 saturated carbocycles. The number of hydrogen-bond donors (Lipinski definition) is 1. The number of hydrogen-bond acceptors (Lipinski definition) is 3. The Labute approximate surface area is 130 Å². The van der Waals surface area contributed by atoms with E-state index in [2.05, 4.69) is 6.92 Å². The fourth-order valence-electron chi connectivity index (χ4n) is 2.71. The third-order valence-corrected chi connectivity index (χ3v) is 4.25. The van der Waals surface area contributed by atoms with E-state index in [1.165, 1.54) is 5.56 Å². The Kier molecular flexibility index (Phi) is 5.41. The number of piperidine rings is 1. The van der Waals surface area contributed by atoms with Crippen molar-refractivity contribution < 1.29 is 19.4 Å². The molecule has 1 aromatic carbocycles. The molecule has 1 heterocycles. The van der Waals surface area contributed by atoms with Crippen molar-refractivity contribution in [2.45, 2.75) is 39.2 Å². The standard InChI is InChI=1S/C17H23NO4/c1-3-13-5-8-15(9-6-13)22-11-16(19)18-10-14(17(20)21)7-4-12(18)2/h5-6,8-9,12,14H,3-4,7,10-11H2,1-2H3,(H,20,21). The number of aliphatic carboxylic acids is 1. The minimum Gasteiger partial charge on any atom is -0.484 e. The summed E-state index contributed by atoms with van der Waals surface area (Å²) in [5.74, 6) is -0.798. The maximum Gasteiger partial charge on any atom is 0.308 e. The van der Waals surface area contributed by atoms with Crippen molar-refractivity contribution in [2.75, 3.05) is 13.2 Å². The first kappa shape index (κ1) is 16.3. The van der Waals surface area contributed by atoms with Crippen LogP contribution in [-0.2, 0) is 16.0 Å². The highest BCUT2D eigenvalue weighted by Crippen LogP contribution is 2.22. The van der Waals surface area contributed by atoms with Crippen molar-refractivity contribution in [3.63, 3.8) is 0 Å². The molecule has 22 heavy (non-hydrogen) atoms. The van der Waals surface area contributed by atoms with E-state index in [1.807, 2.05) is 31.2 Å². The molecule has 5 nitrogen and oxygen atoms in total. The Hall–Kier alpha value is -2.04. The predicted molar refractivity (Wildman–Crippen MR) is 82.8 cm³/mol. The average Bonchev–Trinajstić information content (AvgIpc) is 2.53. The minimum absolute atomic E-state index is 0.0534. The summed E-state index contributed by atoms with van der Waals surface area (Å²) in [6.07, 6.45) is 2.30. The average molecular weight is 305 g/mol. The summed E-state index contributed by atoms with van der Waals surface area (Å²) in [4.78, 5) is 25.0. The maximum absolute atomic E-state index is 12.3. The van der Waals surface area contributed by atoms with Gasteiger partial charge in [0.05, 0.1) is 5.92 Å². The molecule has 120 valence electrons. The second kappa shape index (κ2) is 7.29. The Morgan fingerprint density at radius 3 is 2.55 bits per heavy atom. The van der Waals surface area contributed by atoms with Crippen LogP contribution in [0, 0.1) is 5.92 Å². The van der Waals surface area contributed by atoms with E-state index in [1.54, 1.807) is 4.90 Å². The molecule has 0 aromatic heterocycles. The zero-order valence-corrected chi connectivity index (χ0v) is 13.1. The maximum atomic E-state index is 12.3. The molecule has 1 amide bonds. The summed E-state index contributed by atoms with van der Waals surface area (Å²) in [7, 11) is 0. The molecule has 1 N–H and O–H groups in total. The number of amides is 1. The van der Waals surface area contributed by atoms with Crippen LogP contribution in [0.15, 0.2) is 24.3 Å². The fourth-order valence-corrected chi connectivity index (χ4v) is 2.71. The molecule has 0 bridgehead atoms. The van der Waals surface area contributed by atoms with Crippen molar-refractivity contribution in [1.82, 2.24) is 4.90 Å². The van der Waals surface area contributed by atoms with Crippen molar-refractivity contribution in [1.29, 1.82) is 0 Å². The number of carboxylic acids is 1. The number of rotatable bonds is 5. The van der Waals surface area contributed by atoms with E-state index in [4.69, 9.17) is 9.84 Å². The van der Waals surface area contributed by atoms with Gasteiger partial charge in [-0.15, -0.1) is 0 Å². The van der Waals surface area contributed by atoms with Gasteiger partial charge in [0.2, 0.25) is 0 Å². The van der Waals surface area contributed by atoms with E-state index in [9.17, 15) is 9.59 Å². The van der Waals surface area contributed by atoms with Gasteiger partial charge in [-0.2, -0.15) is 0 Å². The summed E-state index contributed by atoms with van der Waals surface area (Å²) in [6.45, 7) is 4.25. The van der Waals surface area contributed by atoms with Crippen molar-refractivity contribution >= 4 is 11.9 Å². The molecule has 5 heteroatoms. The van der Waals surface area contributed by atoms with Gasteiger partial charge in [0.15, 0.2) is 6.61 Å². The summed E-state index contributed by atoms with van der Waals surface area (Å²) in [5, 5.41) is 9.11. The van der Waals surface area contributed by atoms with E-state index >= 15 is 0 Å². The molecule has 1 aromatic rings. The highest BCUT2D eigenvalue weighted by atomic mass is 16.5. The van der Waals surface area contributed by atoms with Crippen molar-refractivity contribution in [3.05, 3.63) is 29.8 Å². The molecular formula is C17H23NO4. The third-order valence-electron chi connectivity index (χ3n) is 4.25. The molecule has 0 aliphatic carbocycles. The van der Waals surface area contributed by atoms with Gasteiger partial charge in [0.25, 0.3) is 5.91 Å². The van der Waals surface area contributed by atoms with Crippen LogP contribution in [0.5, 0.6) is 5.75 Å². The highest BCUT2D eigenvalue weighted by molar-refractivity contribution is 5.79. The number of carbonyl (C=O) groups excluding carboxylic acids is 1. The normalized spacial score (nSPS) is 21.5. The van der Waals surface area contributed by atoms with Crippen LogP contribution < -0.4 is 4.74 Å². The lowest BCUT2D eigenvalue weighted by Crippen LogP contribution is -2.49. The molecule has 1 aliphatic heterocycles. The molecule has 2 rings (SSSR count). The third kappa shape index (κ3) is 4.00. The van der Waals surface area contributed by atoms with Gasteiger partial charge in [-0.05, 0) is 43.9 Å². The van der Waals surface area contributed by atoms with Crippen molar-refractivity contribution in [2.24, 2.45) is 5.92 Å². The van der Waals surface area contributed by atoms with E-state index in [0.29, 0.717) is 18.6 Å². The summed E-state index contributed by atoms with van der Waals surface area (Å²) in [5.41, 5.74) is 1.22. The number of aryl methyl sites for hydroxylation is 1. The Balaban J connectivity index is 1.91. The van der Waals surface area contributed by atoms with Gasteiger partial charge < -0.3 is 14.7 Å².